The maximum atomic E-state index is 12.7. The molecule has 0 unspecified atom stereocenters. The van der Waals surface area contributed by atoms with Crippen molar-refractivity contribution in [3.63, 3.8) is 0 Å². The monoisotopic (exact) mass is 379 g/mol. The molecule has 1 aromatic heterocycles. The number of nitrogens with one attached hydrogen (secondary N) is 1. The molecule has 0 radical (unpaired) electrons. The fourth-order valence-corrected chi connectivity index (χ4v) is 3.13. The molecule has 3 rings (SSSR count). The molecular formula is C19H17ClN2NaO3+. The number of carbonyl (C=O) groups is 1. The maximum absolute atomic E-state index is 12.7. The Morgan fingerprint density at radius 1 is 1.19 bits per heavy atom. The Bertz CT molecular complexity index is 1050. The van der Waals surface area contributed by atoms with E-state index in [1.54, 1.807) is 30.3 Å². The van der Waals surface area contributed by atoms with Gasteiger partial charge in [0.05, 0.1) is 15.9 Å². The molecular weight excluding hydrogens is 363 g/mol. The van der Waals surface area contributed by atoms with E-state index >= 15 is 0 Å². The fourth-order valence-electron chi connectivity index (χ4n) is 2.87. The van der Waals surface area contributed by atoms with Crippen molar-refractivity contribution in [3.05, 3.63) is 69.0 Å². The van der Waals surface area contributed by atoms with Crippen LogP contribution in [0.15, 0.2) is 47.3 Å². The fraction of sp³-hybridized carbons (Fsp3) is 0.158. The van der Waals surface area contributed by atoms with Crippen LogP contribution < -0.4 is 40.4 Å². The number of fused-ring (bicyclic) bond motifs is 1. The van der Waals surface area contributed by atoms with Crippen molar-refractivity contribution >= 4 is 34.1 Å². The largest absolute Gasteiger partial charge is 1.00 e. The number of anilines is 1. The minimum absolute atomic E-state index is 0. The zero-order chi connectivity index (χ0) is 18.1. The summed E-state index contributed by atoms with van der Waals surface area (Å²) in [5.41, 5.74) is 1.09. The Morgan fingerprint density at radius 3 is 2.58 bits per heavy atom. The van der Waals surface area contributed by atoms with Crippen molar-refractivity contribution in [1.82, 2.24) is 4.57 Å². The smallest absolute Gasteiger partial charge is 0.506 e. The van der Waals surface area contributed by atoms with Crippen LogP contribution in [0.25, 0.3) is 10.9 Å². The van der Waals surface area contributed by atoms with Gasteiger partial charge in [0.1, 0.15) is 11.3 Å². The molecule has 1 heterocycles. The van der Waals surface area contributed by atoms with Crippen LogP contribution in [-0.4, -0.2) is 15.6 Å². The van der Waals surface area contributed by atoms with E-state index in [1.807, 2.05) is 19.1 Å². The van der Waals surface area contributed by atoms with Gasteiger partial charge in [-0.2, -0.15) is 0 Å². The van der Waals surface area contributed by atoms with Crippen molar-refractivity contribution in [2.24, 2.45) is 7.05 Å². The van der Waals surface area contributed by atoms with Gasteiger partial charge in [-0.15, -0.1) is 0 Å². The number of hydrogen-bond donors (Lipinski definition) is 2. The second-order valence-electron chi connectivity index (χ2n) is 5.69. The number of aryl methyl sites for hydroxylation is 2. The van der Waals surface area contributed by atoms with Crippen LogP contribution in [0.1, 0.15) is 22.8 Å². The molecule has 7 heteroatoms. The third-order valence-electron chi connectivity index (χ3n) is 4.22. The number of hydrogen-bond acceptors (Lipinski definition) is 3. The summed E-state index contributed by atoms with van der Waals surface area (Å²) < 4.78 is 1.31. The van der Waals surface area contributed by atoms with Gasteiger partial charge >= 0.3 is 29.6 Å². The first-order valence-corrected chi connectivity index (χ1v) is 8.23. The van der Waals surface area contributed by atoms with Crippen molar-refractivity contribution in [3.8, 4) is 5.75 Å². The number of amides is 1. The summed E-state index contributed by atoms with van der Waals surface area (Å²) in [5, 5.41) is 13.8. The van der Waals surface area contributed by atoms with Crippen LogP contribution in [0.4, 0.5) is 5.69 Å². The van der Waals surface area contributed by atoms with Crippen molar-refractivity contribution in [2.45, 2.75) is 13.3 Å². The Labute approximate surface area is 177 Å². The quantitative estimate of drug-likeness (QED) is 0.659. The van der Waals surface area contributed by atoms with Gasteiger partial charge in [-0.05, 0) is 30.2 Å². The Kier molecular flexibility index (Phi) is 6.53. The number of benzene rings is 2. The van der Waals surface area contributed by atoms with E-state index in [9.17, 15) is 14.7 Å². The van der Waals surface area contributed by atoms with Crippen molar-refractivity contribution < 1.29 is 39.5 Å². The molecule has 0 atom stereocenters. The molecule has 0 bridgehead atoms. The number of aromatic nitrogens is 1. The van der Waals surface area contributed by atoms with E-state index in [2.05, 4.69) is 5.32 Å². The van der Waals surface area contributed by atoms with E-state index in [-0.39, 0.29) is 45.5 Å². The van der Waals surface area contributed by atoms with Gasteiger partial charge in [0, 0.05) is 12.7 Å². The van der Waals surface area contributed by atoms with Gasteiger partial charge in [-0.25, -0.2) is 0 Å². The van der Waals surface area contributed by atoms with Crippen LogP contribution in [0.3, 0.4) is 0 Å². The second-order valence-corrected chi connectivity index (χ2v) is 6.09. The predicted octanol–water partition coefficient (Wildman–Crippen LogP) is 0.716. The summed E-state index contributed by atoms with van der Waals surface area (Å²) in [6, 6.07) is 12.3. The molecule has 1 amide bonds. The summed E-state index contributed by atoms with van der Waals surface area (Å²) in [7, 11) is 1.54. The van der Waals surface area contributed by atoms with Crippen LogP contribution in [0.5, 0.6) is 5.75 Å². The predicted molar refractivity (Wildman–Crippen MR) is 99.6 cm³/mol. The molecule has 0 aliphatic heterocycles. The average molecular weight is 380 g/mol. The minimum Gasteiger partial charge on any atom is -0.506 e. The van der Waals surface area contributed by atoms with Gasteiger partial charge in [0.25, 0.3) is 11.5 Å². The molecule has 128 valence electrons. The number of aromatic hydroxyl groups is 1. The molecule has 0 spiro atoms. The first kappa shape index (κ1) is 20.5. The van der Waals surface area contributed by atoms with Gasteiger partial charge in [-0.1, -0.05) is 42.8 Å². The van der Waals surface area contributed by atoms with Gasteiger partial charge in [-0.3, -0.25) is 9.59 Å². The molecule has 0 fully saturated rings. The molecule has 0 saturated heterocycles. The van der Waals surface area contributed by atoms with Crippen molar-refractivity contribution in [2.75, 3.05) is 5.32 Å². The average Bonchev–Trinajstić information content (AvgIpc) is 2.60. The number of carbonyl (C=O) groups excluding carboxylic acids is 1. The first-order chi connectivity index (χ1) is 12.0. The van der Waals surface area contributed by atoms with Gasteiger partial charge < -0.3 is 15.0 Å². The maximum Gasteiger partial charge on any atom is 1.00 e. The molecule has 3 aromatic rings. The van der Waals surface area contributed by atoms with Gasteiger partial charge in [0.2, 0.25) is 0 Å². The molecule has 0 saturated carbocycles. The third-order valence-corrected chi connectivity index (χ3v) is 4.53. The zero-order valence-corrected chi connectivity index (χ0v) is 17.6. The van der Waals surface area contributed by atoms with Crippen molar-refractivity contribution in [1.29, 1.82) is 0 Å². The number of nitrogens with zero attached hydrogens (tertiary/aromatic N) is 1. The van der Waals surface area contributed by atoms with E-state index in [1.165, 1.54) is 11.6 Å². The van der Waals surface area contributed by atoms with E-state index in [4.69, 9.17) is 11.6 Å². The summed E-state index contributed by atoms with van der Waals surface area (Å²) in [6.45, 7) is 1.97. The summed E-state index contributed by atoms with van der Waals surface area (Å²) in [5.74, 6) is -1.07. The molecule has 2 N–H and O–H groups in total. The number of rotatable bonds is 3. The summed E-state index contributed by atoms with van der Waals surface area (Å²) in [6.07, 6.45) is 0.726. The Balaban J connectivity index is 0.00000243. The van der Waals surface area contributed by atoms with Crippen LogP contribution in [0.2, 0.25) is 5.02 Å². The number of pyridine rings is 1. The molecule has 0 aliphatic rings. The van der Waals surface area contributed by atoms with E-state index in [0.29, 0.717) is 11.2 Å². The summed E-state index contributed by atoms with van der Waals surface area (Å²) in [4.78, 5) is 25.3. The van der Waals surface area contributed by atoms with Gasteiger partial charge in [0.15, 0.2) is 0 Å². The standard InChI is InChI=1S/C19H17ClN2O3.Na/c1-3-11-7-4-5-9-13(11)21-18(24)16-17(23)15-12(20)8-6-10-14(15)22(2)19(16)25;/h4-10,23H,3H2,1-2H3,(H,21,24);/q;+1. The SMILES string of the molecule is CCc1ccccc1NC(=O)c1c(O)c2c(Cl)cccc2n(C)c1=O.[Na+]. The Morgan fingerprint density at radius 2 is 1.88 bits per heavy atom. The van der Waals surface area contributed by atoms with Crippen LogP contribution in [-0.2, 0) is 13.5 Å². The minimum atomic E-state index is -0.666. The molecule has 2 aromatic carbocycles. The normalized spacial score (nSPS) is 10.4. The zero-order valence-electron chi connectivity index (χ0n) is 14.8. The van der Waals surface area contributed by atoms with Crippen LogP contribution in [0, 0.1) is 0 Å². The van der Waals surface area contributed by atoms with E-state index in [0.717, 1.165) is 12.0 Å². The third kappa shape index (κ3) is 3.53. The molecule has 26 heavy (non-hydrogen) atoms. The Hall–Kier alpha value is -1.79. The molecule has 5 nitrogen and oxygen atoms in total. The number of para-hydroxylation sites is 1. The first-order valence-electron chi connectivity index (χ1n) is 7.85. The summed E-state index contributed by atoms with van der Waals surface area (Å²) >= 11 is 6.16. The second kappa shape index (κ2) is 8.27. The topological polar surface area (TPSA) is 71.3 Å². The number of halogens is 1. The van der Waals surface area contributed by atoms with E-state index < -0.39 is 17.2 Å². The van der Waals surface area contributed by atoms with Crippen LogP contribution >= 0.6 is 11.6 Å². The molecule has 0 aliphatic carbocycles.